The van der Waals surface area contributed by atoms with Crippen molar-refractivity contribution in [2.24, 2.45) is 0 Å². The van der Waals surface area contributed by atoms with Crippen molar-refractivity contribution in [1.29, 1.82) is 5.26 Å². The van der Waals surface area contributed by atoms with Crippen LogP contribution in [0.1, 0.15) is 19.3 Å². The number of hydrogen-bond donors (Lipinski definition) is 1. The molecule has 0 bridgehead atoms. The lowest BCUT2D eigenvalue weighted by Gasteiger charge is -2.05. The highest BCUT2D eigenvalue weighted by molar-refractivity contribution is 4.69. The van der Waals surface area contributed by atoms with Crippen molar-refractivity contribution < 1.29 is 13.2 Å². The van der Waals surface area contributed by atoms with E-state index in [2.05, 4.69) is 5.32 Å². The van der Waals surface area contributed by atoms with Crippen molar-refractivity contribution in [2.75, 3.05) is 13.1 Å². The molecule has 0 atom stereocenters. The Kier molecular flexibility index (Phi) is 5.47. The van der Waals surface area contributed by atoms with Crippen LogP contribution >= 0.6 is 0 Å². The van der Waals surface area contributed by atoms with E-state index < -0.39 is 12.6 Å². The second-order valence-corrected chi connectivity index (χ2v) is 2.38. The third-order valence-corrected chi connectivity index (χ3v) is 1.23. The number of hydrogen-bond acceptors (Lipinski definition) is 2. The summed E-state index contributed by atoms with van der Waals surface area (Å²) in [5.74, 6) is 0. The van der Waals surface area contributed by atoms with Gasteiger partial charge in [0.15, 0.2) is 0 Å². The second kappa shape index (κ2) is 5.84. The fourth-order valence-electron chi connectivity index (χ4n) is 0.683. The summed E-state index contributed by atoms with van der Waals surface area (Å²) in [5.41, 5.74) is 0. The Morgan fingerprint density at radius 2 is 1.92 bits per heavy atom. The molecular weight excluding hydrogens is 169 g/mol. The van der Waals surface area contributed by atoms with Crippen LogP contribution in [-0.2, 0) is 0 Å². The monoisotopic (exact) mass is 180 g/mol. The molecule has 0 aliphatic carbocycles. The predicted octanol–water partition coefficient (Wildman–Crippen LogP) is 1.83. The highest BCUT2D eigenvalue weighted by Crippen LogP contribution is 2.20. The molecule has 70 valence electrons. The van der Waals surface area contributed by atoms with Crippen molar-refractivity contribution >= 4 is 0 Å². The molecule has 0 saturated carbocycles. The number of nitrogens with one attached hydrogen (secondary N) is 1. The molecule has 0 aliphatic heterocycles. The molecule has 12 heavy (non-hydrogen) atoms. The van der Waals surface area contributed by atoms with Gasteiger partial charge in [0, 0.05) is 19.4 Å². The van der Waals surface area contributed by atoms with Gasteiger partial charge in [-0.1, -0.05) is 0 Å². The Labute approximate surface area is 69.4 Å². The van der Waals surface area contributed by atoms with E-state index in [1.54, 1.807) is 0 Å². The van der Waals surface area contributed by atoms with Crippen molar-refractivity contribution in [2.45, 2.75) is 25.4 Å². The molecule has 0 aliphatic rings. The molecule has 0 saturated heterocycles. The van der Waals surface area contributed by atoms with Crippen molar-refractivity contribution in [1.82, 2.24) is 5.32 Å². The topological polar surface area (TPSA) is 35.8 Å². The van der Waals surface area contributed by atoms with Gasteiger partial charge in [0.05, 0.1) is 6.07 Å². The van der Waals surface area contributed by atoms with Gasteiger partial charge in [0.1, 0.15) is 0 Å². The number of rotatable bonds is 5. The van der Waals surface area contributed by atoms with Crippen LogP contribution in [0, 0.1) is 11.3 Å². The highest BCUT2D eigenvalue weighted by atomic mass is 19.4. The van der Waals surface area contributed by atoms with Crippen LogP contribution in [0.25, 0.3) is 0 Å². The minimum Gasteiger partial charge on any atom is -0.316 e. The zero-order chi connectivity index (χ0) is 9.45. The SMILES string of the molecule is N#CCCNCCCC(F)(F)F. The molecule has 1 N–H and O–H groups in total. The molecule has 2 nitrogen and oxygen atoms in total. The summed E-state index contributed by atoms with van der Waals surface area (Å²) in [7, 11) is 0. The first-order chi connectivity index (χ1) is 5.56. The van der Waals surface area contributed by atoms with Gasteiger partial charge in [-0.2, -0.15) is 18.4 Å². The van der Waals surface area contributed by atoms with Crippen molar-refractivity contribution in [3.63, 3.8) is 0 Å². The normalized spacial score (nSPS) is 11.2. The molecule has 0 spiro atoms. The molecule has 0 aromatic heterocycles. The Hall–Kier alpha value is -0.760. The van der Waals surface area contributed by atoms with E-state index in [9.17, 15) is 13.2 Å². The van der Waals surface area contributed by atoms with Crippen LogP contribution in [0.5, 0.6) is 0 Å². The summed E-state index contributed by atoms with van der Waals surface area (Å²) in [6.45, 7) is 0.787. The zero-order valence-electron chi connectivity index (χ0n) is 6.62. The lowest BCUT2D eigenvalue weighted by Crippen LogP contribution is -2.18. The predicted molar refractivity (Wildman–Crippen MR) is 38.4 cm³/mol. The van der Waals surface area contributed by atoms with Crippen LogP contribution in [0.2, 0.25) is 0 Å². The van der Waals surface area contributed by atoms with E-state index in [0.29, 0.717) is 19.5 Å². The molecule has 0 rings (SSSR count). The van der Waals surface area contributed by atoms with Gasteiger partial charge in [-0.3, -0.25) is 0 Å². The van der Waals surface area contributed by atoms with Crippen molar-refractivity contribution in [3.8, 4) is 6.07 Å². The van der Waals surface area contributed by atoms with E-state index in [4.69, 9.17) is 5.26 Å². The third kappa shape index (κ3) is 9.24. The minimum absolute atomic E-state index is 0.0783. The lowest BCUT2D eigenvalue weighted by molar-refractivity contribution is -0.135. The maximum atomic E-state index is 11.6. The summed E-state index contributed by atoms with van der Waals surface area (Å²) in [4.78, 5) is 0. The molecule has 0 unspecified atom stereocenters. The molecule has 0 heterocycles. The molecular formula is C7H11F3N2. The van der Waals surface area contributed by atoms with E-state index in [1.807, 2.05) is 6.07 Å². The first-order valence-electron chi connectivity index (χ1n) is 3.70. The summed E-state index contributed by atoms with van der Waals surface area (Å²) in [6, 6.07) is 1.89. The fourth-order valence-corrected chi connectivity index (χ4v) is 0.683. The van der Waals surface area contributed by atoms with Gasteiger partial charge in [-0.25, -0.2) is 0 Å². The first-order valence-corrected chi connectivity index (χ1v) is 3.70. The largest absolute Gasteiger partial charge is 0.389 e. The van der Waals surface area contributed by atoms with Crippen LogP contribution < -0.4 is 5.32 Å². The fraction of sp³-hybridized carbons (Fsp3) is 0.857. The average Bonchev–Trinajstić information content (AvgIpc) is 1.94. The Morgan fingerprint density at radius 3 is 2.42 bits per heavy atom. The number of alkyl halides is 3. The van der Waals surface area contributed by atoms with E-state index >= 15 is 0 Å². The molecule has 0 amide bonds. The van der Waals surface area contributed by atoms with Gasteiger partial charge in [-0.05, 0) is 13.0 Å². The average molecular weight is 180 g/mol. The van der Waals surface area contributed by atoms with Crippen LogP contribution in [-0.4, -0.2) is 19.3 Å². The van der Waals surface area contributed by atoms with E-state index in [1.165, 1.54) is 0 Å². The molecule has 0 aromatic rings. The third-order valence-electron chi connectivity index (χ3n) is 1.23. The number of halogens is 3. The Morgan fingerprint density at radius 1 is 1.25 bits per heavy atom. The molecule has 0 radical (unpaired) electrons. The molecule has 0 aromatic carbocycles. The van der Waals surface area contributed by atoms with E-state index in [0.717, 1.165) is 0 Å². The van der Waals surface area contributed by atoms with Gasteiger partial charge < -0.3 is 5.32 Å². The van der Waals surface area contributed by atoms with Gasteiger partial charge in [-0.15, -0.1) is 0 Å². The standard InChI is InChI=1S/C7H11F3N2/c8-7(9,10)3-1-5-12-6-2-4-11/h12H,1-3,5-6H2. The van der Waals surface area contributed by atoms with E-state index in [-0.39, 0.29) is 6.42 Å². The van der Waals surface area contributed by atoms with Crippen LogP contribution in [0.3, 0.4) is 0 Å². The van der Waals surface area contributed by atoms with Gasteiger partial charge >= 0.3 is 6.18 Å². The summed E-state index contributed by atoms with van der Waals surface area (Å²) in [6.07, 6.45) is -4.40. The smallest absolute Gasteiger partial charge is 0.316 e. The highest BCUT2D eigenvalue weighted by Gasteiger charge is 2.25. The summed E-state index contributed by atoms with van der Waals surface area (Å²) in [5, 5.41) is 10.8. The quantitative estimate of drug-likeness (QED) is 0.655. The maximum absolute atomic E-state index is 11.6. The second-order valence-electron chi connectivity index (χ2n) is 2.38. The van der Waals surface area contributed by atoms with Crippen LogP contribution in [0.4, 0.5) is 13.2 Å². The minimum atomic E-state index is -4.06. The molecule has 5 heteroatoms. The van der Waals surface area contributed by atoms with Crippen molar-refractivity contribution in [3.05, 3.63) is 0 Å². The first kappa shape index (κ1) is 11.2. The van der Waals surface area contributed by atoms with Gasteiger partial charge in [0.25, 0.3) is 0 Å². The number of nitriles is 1. The lowest BCUT2D eigenvalue weighted by atomic mass is 10.3. The number of nitrogens with zero attached hydrogens (tertiary/aromatic N) is 1. The Bertz CT molecular complexity index is 148. The zero-order valence-corrected chi connectivity index (χ0v) is 6.62. The Balaban J connectivity index is 3.07. The summed E-state index contributed by atoms with van der Waals surface area (Å²) >= 11 is 0. The van der Waals surface area contributed by atoms with Crippen LogP contribution in [0.15, 0.2) is 0 Å². The molecule has 0 fully saturated rings. The summed E-state index contributed by atoms with van der Waals surface area (Å²) < 4.78 is 34.7. The van der Waals surface area contributed by atoms with Gasteiger partial charge in [0.2, 0.25) is 0 Å². The maximum Gasteiger partial charge on any atom is 0.389 e.